The van der Waals surface area contributed by atoms with E-state index in [-0.39, 0.29) is 11.8 Å². The van der Waals surface area contributed by atoms with E-state index in [0.29, 0.717) is 5.92 Å². The Bertz CT molecular complexity index is 231. The van der Waals surface area contributed by atoms with Crippen molar-refractivity contribution in [2.24, 2.45) is 11.8 Å². The van der Waals surface area contributed by atoms with Crippen LogP contribution >= 0.6 is 0 Å². The van der Waals surface area contributed by atoms with Crippen LogP contribution in [-0.2, 0) is 4.79 Å². The number of carbonyl (C=O) groups is 1. The summed E-state index contributed by atoms with van der Waals surface area (Å²) in [5.41, 5.74) is 0. The van der Waals surface area contributed by atoms with Crippen LogP contribution in [0.5, 0.6) is 0 Å². The lowest BCUT2D eigenvalue weighted by Gasteiger charge is -2.26. The van der Waals surface area contributed by atoms with Crippen LogP contribution in [0, 0.1) is 11.8 Å². The molecule has 1 aliphatic rings. The molecule has 4 nitrogen and oxygen atoms in total. The van der Waals surface area contributed by atoms with Crippen LogP contribution in [0.15, 0.2) is 0 Å². The Kier molecular flexibility index (Phi) is 6.52. The van der Waals surface area contributed by atoms with Gasteiger partial charge in [-0.3, -0.25) is 4.79 Å². The minimum Gasteiger partial charge on any atom is -0.356 e. The number of rotatable bonds is 6. The molecule has 2 N–H and O–H groups in total. The van der Waals surface area contributed by atoms with Crippen LogP contribution in [0.1, 0.15) is 26.2 Å². The summed E-state index contributed by atoms with van der Waals surface area (Å²) < 4.78 is 0. The first-order chi connectivity index (χ1) is 8.09. The molecule has 0 aromatic heterocycles. The van der Waals surface area contributed by atoms with E-state index in [1.165, 1.54) is 0 Å². The van der Waals surface area contributed by atoms with E-state index in [1.54, 1.807) is 0 Å². The normalized spacial score (nSPS) is 24.9. The highest BCUT2D eigenvalue weighted by atomic mass is 16.1. The highest BCUT2D eigenvalue weighted by Crippen LogP contribution is 2.15. The summed E-state index contributed by atoms with van der Waals surface area (Å²) in [4.78, 5) is 14.1. The van der Waals surface area contributed by atoms with Crippen LogP contribution in [0.4, 0.5) is 0 Å². The van der Waals surface area contributed by atoms with Gasteiger partial charge in [-0.1, -0.05) is 6.92 Å². The van der Waals surface area contributed by atoms with Crippen molar-refractivity contribution >= 4 is 5.91 Å². The number of carbonyl (C=O) groups excluding carboxylic acids is 1. The van der Waals surface area contributed by atoms with Gasteiger partial charge in [0.2, 0.25) is 5.91 Å². The van der Waals surface area contributed by atoms with Crippen molar-refractivity contribution in [3.63, 3.8) is 0 Å². The zero-order valence-corrected chi connectivity index (χ0v) is 11.5. The lowest BCUT2D eigenvalue weighted by Crippen LogP contribution is -2.43. The molecule has 2 atom stereocenters. The van der Waals surface area contributed by atoms with Gasteiger partial charge < -0.3 is 15.5 Å². The number of hydrogen-bond donors (Lipinski definition) is 2. The van der Waals surface area contributed by atoms with Gasteiger partial charge in [-0.05, 0) is 52.4 Å². The quantitative estimate of drug-likeness (QED) is 0.673. The van der Waals surface area contributed by atoms with E-state index >= 15 is 0 Å². The van der Waals surface area contributed by atoms with Gasteiger partial charge in [0.15, 0.2) is 0 Å². The van der Waals surface area contributed by atoms with Crippen LogP contribution in [0.3, 0.4) is 0 Å². The molecule has 0 aliphatic carbocycles. The standard InChI is InChI=1S/C13H27N3O/c1-11-8-12(10-14-9-11)13(17)15-6-4-5-7-16(2)3/h11-12,14H,4-10H2,1-3H3,(H,15,17). The second kappa shape index (κ2) is 7.67. The van der Waals surface area contributed by atoms with Crippen molar-refractivity contribution < 1.29 is 4.79 Å². The maximum Gasteiger partial charge on any atom is 0.224 e. The number of hydrogen-bond acceptors (Lipinski definition) is 3. The van der Waals surface area contributed by atoms with Gasteiger partial charge in [-0.2, -0.15) is 0 Å². The number of amides is 1. The number of piperidine rings is 1. The highest BCUT2D eigenvalue weighted by molar-refractivity contribution is 5.78. The largest absolute Gasteiger partial charge is 0.356 e. The van der Waals surface area contributed by atoms with E-state index < -0.39 is 0 Å². The van der Waals surface area contributed by atoms with Gasteiger partial charge in [0, 0.05) is 13.1 Å². The predicted molar refractivity (Wildman–Crippen MR) is 70.9 cm³/mol. The zero-order chi connectivity index (χ0) is 12.7. The van der Waals surface area contributed by atoms with Gasteiger partial charge in [-0.15, -0.1) is 0 Å². The Morgan fingerprint density at radius 3 is 2.76 bits per heavy atom. The molecule has 0 aromatic rings. The molecule has 4 heteroatoms. The van der Waals surface area contributed by atoms with Crippen molar-refractivity contribution in [1.82, 2.24) is 15.5 Å². The lowest BCUT2D eigenvalue weighted by atomic mass is 9.91. The van der Waals surface area contributed by atoms with Gasteiger partial charge in [0.1, 0.15) is 0 Å². The predicted octanol–water partition coefficient (Wildman–Crippen LogP) is 0.690. The molecular formula is C13H27N3O. The van der Waals surface area contributed by atoms with Gasteiger partial charge in [0.25, 0.3) is 0 Å². The zero-order valence-electron chi connectivity index (χ0n) is 11.5. The second-order valence-corrected chi connectivity index (χ2v) is 5.50. The van der Waals surface area contributed by atoms with Crippen LogP contribution in [-0.4, -0.2) is 51.1 Å². The van der Waals surface area contributed by atoms with Gasteiger partial charge in [-0.25, -0.2) is 0 Å². The van der Waals surface area contributed by atoms with E-state index in [0.717, 1.165) is 45.4 Å². The summed E-state index contributed by atoms with van der Waals surface area (Å²) in [5, 5.41) is 6.36. The summed E-state index contributed by atoms with van der Waals surface area (Å²) in [5.74, 6) is 1.02. The molecule has 100 valence electrons. The van der Waals surface area contributed by atoms with Crippen LogP contribution in [0.25, 0.3) is 0 Å². The van der Waals surface area contributed by atoms with Gasteiger partial charge in [0.05, 0.1) is 5.92 Å². The number of nitrogens with zero attached hydrogens (tertiary/aromatic N) is 1. The monoisotopic (exact) mass is 241 g/mol. The Morgan fingerprint density at radius 2 is 2.12 bits per heavy atom. The average Bonchev–Trinajstić information content (AvgIpc) is 2.28. The fourth-order valence-corrected chi connectivity index (χ4v) is 2.27. The summed E-state index contributed by atoms with van der Waals surface area (Å²) in [6.07, 6.45) is 3.24. The first-order valence-electron chi connectivity index (χ1n) is 6.72. The Balaban J connectivity index is 2.08. The van der Waals surface area contributed by atoms with Crippen LogP contribution < -0.4 is 10.6 Å². The fraction of sp³-hybridized carbons (Fsp3) is 0.923. The third-order valence-electron chi connectivity index (χ3n) is 3.27. The molecular weight excluding hydrogens is 214 g/mol. The highest BCUT2D eigenvalue weighted by Gasteiger charge is 2.24. The Labute approximate surface area is 105 Å². The molecule has 1 heterocycles. The van der Waals surface area contributed by atoms with Crippen molar-refractivity contribution in [3.8, 4) is 0 Å². The van der Waals surface area contributed by atoms with E-state index in [2.05, 4.69) is 36.6 Å². The maximum absolute atomic E-state index is 11.9. The van der Waals surface area contributed by atoms with Crippen molar-refractivity contribution in [2.75, 3.05) is 40.3 Å². The summed E-state index contributed by atoms with van der Waals surface area (Å²) in [6, 6.07) is 0. The fourth-order valence-electron chi connectivity index (χ4n) is 2.27. The molecule has 1 fully saturated rings. The molecule has 1 rings (SSSR count). The number of nitrogens with one attached hydrogen (secondary N) is 2. The average molecular weight is 241 g/mol. The molecule has 1 aliphatic heterocycles. The molecule has 0 aromatic carbocycles. The summed E-state index contributed by atoms with van der Waals surface area (Å²) >= 11 is 0. The van der Waals surface area contributed by atoms with Crippen LogP contribution in [0.2, 0.25) is 0 Å². The third kappa shape index (κ3) is 6.03. The topological polar surface area (TPSA) is 44.4 Å². The van der Waals surface area contributed by atoms with E-state index in [9.17, 15) is 4.79 Å². The van der Waals surface area contributed by atoms with Crippen molar-refractivity contribution in [1.29, 1.82) is 0 Å². The van der Waals surface area contributed by atoms with E-state index in [4.69, 9.17) is 0 Å². The van der Waals surface area contributed by atoms with Crippen molar-refractivity contribution in [3.05, 3.63) is 0 Å². The Hall–Kier alpha value is -0.610. The molecule has 0 radical (unpaired) electrons. The SMILES string of the molecule is CC1CNCC(C(=O)NCCCCN(C)C)C1. The van der Waals surface area contributed by atoms with E-state index in [1.807, 2.05) is 0 Å². The lowest BCUT2D eigenvalue weighted by molar-refractivity contribution is -0.125. The Morgan fingerprint density at radius 1 is 1.35 bits per heavy atom. The number of unbranched alkanes of at least 4 members (excludes halogenated alkanes) is 1. The molecule has 0 spiro atoms. The molecule has 0 bridgehead atoms. The van der Waals surface area contributed by atoms with Gasteiger partial charge >= 0.3 is 0 Å². The molecule has 1 saturated heterocycles. The smallest absolute Gasteiger partial charge is 0.224 e. The minimum absolute atomic E-state index is 0.174. The minimum atomic E-state index is 0.174. The van der Waals surface area contributed by atoms with Crippen molar-refractivity contribution in [2.45, 2.75) is 26.2 Å². The molecule has 0 saturated carbocycles. The summed E-state index contributed by atoms with van der Waals surface area (Å²) in [6.45, 7) is 6.00. The third-order valence-corrected chi connectivity index (χ3v) is 3.27. The first-order valence-corrected chi connectivity index (χ1v) is 6.72. The maximum atomic E-state index is 11.9. The molecule has 17 heavy (non-hydrogen) atoms. The summed E-state index contributed by atoms with van der Waals surface area (Å²) in [7, 11) is 4.15. The molecule has 1 amide bonds. The first kappa shape index (κ1) is 14.5. The second-order valence-electron chi connectivity index (χ2n) is 5.50. The molecule has 2 unspecified atom stereocenters.